The summed E-state index contributed by atoms with van der Waals surface area (Å²) in [4.78, 5) is 0. The van der Waals surface area contributed by atoms with Gasteiger partial charge in [-0.2, -0.15) is 11.8 Å². The second-order valence-corrected chi connectivity index (χ2v) is 5.90. The Bertz CT molecular complexity index is 225. The molecule has 1 saturated heterocycles. The molecular formula is C6H13NO2S2. The van der Waals surface area contributed by atoms with Crippen LogP contribution >= 0.6 is 11.8 Å². The van der Waals surface area contributed by atoms with E-state index in [9.17, 15) is 8.42 Å². The Kier molecular flexibility index (Phi) is 2.83. The van der Waals surface area contributed by atoms with Crippen LogP contribution in [0.5, 0.6) is 0 Å². The van der Waals surface area contributed by atoms with Gasteiger partial charge in [0.15, 0.2) is 0 Å². The summed E-state index contributed by atoms with van der Waals surface area (Å²) >= 11 is 1.67. The third-order valence-electron chi connectivity index (χ3n) is 2.06. The van der Waals surface area contributed by atoms with Crippen molar-refractivity contribution in [1.82, 2.24) is 0 Å². The standard InChI is InChI=1S/C6H13NO2S2/c1-5-2-3-10-4-6(5)11(7,8)9/h5-6H,2-4H2,1H3,(H2,7,8,9). The molecule has 0 aromatic carbocycles. The maximum atomic E-state index is 11.0. The van der Waals surface area contributed by atoms with Crippen LogP contribution in [0.3, 0.4) is 0 Å². The maximum Gasteiger partial charge on any atom is 0.213 e. The van der Waals surface area contributed by atoms with Gasteiger partial charge in [-0.15, -0.1) is 0 Å². The lowest BCUT2D eigenvalue weighted by Crippen LogP contribution is -2.38. The molecule has 3 nitrogen and oxygen atoms in total. The normalized spacial score (nSPS) is 33.6. The summed E-state index contributed by atoms with van der Waals surface area (Å²) in [6.07, 6.45) is 0.964. The van der Waals surface area contributed by atoms with E-state index in [1.165, 1.54) is 0 Å². The van der Waals surface area contributed by atoms with Crippen LogP contribution in [0, 0.1) is 5.92 Å². The monoisotopic (exact) mass is 195 g/mol. The molecule has 0 amide bonds. The first-order chi connectivity index (χ1) is 5.02. The minimum Gasteiger partial charge on any atom is -0.228 e. The number of sulfonamides is 1. The second-order valence-electron chi connectivity index (χ2n) is 2.97. The molecule has 1 fully saturated rings. The van der Waals surface area contributed by atoms with Gasteiger partial charge in [0.1, 0.15) is 0 Å². The molecule has 1 heterocycles. The second kappa shape index (κ2) is 3.33. The van der Waals surface area contributed by atoms with Gasteiger partial charge in [-0.1, -0.05) is 6.92 Å². The lowest BCUT2D eigenvalue weighted by Gasteiger charge is -2.25. The molecule has 1 aliphatic rings. The van der Waals surface area contributed by atoms with Gasteiger partial charge in [-0.3, -0.25) is 0 Å². The van der Waals surface area contributed by atoms with Gasteiger partial charge in [0.05, 0.1) is 5.25 Å². The average molecular weight is 195 g/mol. The van der Waals surface area contributed by atoms with Crippen molar-refractivity contribution >= 4 is 21.8 Å². The average Bonchev–Trinajstić information content (AvgIpc) is 1.86. The summed E-state index contributed by atoms with van der Waals surface area (Å²) in [6.45, 7) is 1.95. The summed E-state index contributed by atoms with van der Waals surface area (Å²) in [5.74, 6) is 1.96. The first-order valence-corrected chi connectivity index (χ1v) is 6.37. The molecular weight excluding hydrogens is 182 g/mol. The summed E-state index contributed by atoms with van der Waals surface area (Å²) in [6, 6.07) is 0. The molecule has 5 heteroatoms. The molecule has 2 unspecified atom stereocenters. The Morgan fingerprint density at radius 2 is 2.18 bits per heavy atom. The zero-order valence-electron chi connectivity index (χ0n) is 6.49. The van der Waals surface area contributed by atoms with Crippen molar-refractivity contribution in [3.05, 3.63) is 0 Å². The van der Waals surface area contributed by atoms with Crippen molar-refractivity contribution in [2.75, 3.05) is 11.5 Å². The van der Waals surface area contributed by atoms with Gasteiger partial charge in [0, 0.05) is 5.75 Å². The molecule has 0 saturated carbocycles. The van der Waals surface area contributed by atoms with Crippen molar-refractivity contribution in [1.29, 1.82) is 0 Å². The van der Waals surface area contributed by atoms with Crippen molar-refractivity contribution in [3.63, 3.8) is 0 Å². The Balaban J connectivity index is 2.70. The van der Waals surface area contributed by atoms with Crippen LogP contribution in [0.2, 0.25) is 0 Å². The van der Waals surface area contributed by atoms with Gasteiger partial charge in [0.2, 0.25) is 10.0 Å². The molecule has 2 N–H and O–H groups in total. The van der Waals surface area contributed by atoms with Crippen molar-refractivity contribution in [2.24, 2.45) is 11.1 Å². The van der Waals surface area contributed by atoms with Crippen molar-refractivity contribution < 1.29 is 8.42 Å². The van der Waals surface area contributed by atoms with Crippen LogP contribution in [-0.2, 0) is 10.0 Å². The van der Waals surface area contributed by atoms with Gasteiger partial charge >= 0.3 is 0 Å². The van der Waals surface area contributed by atoms with Crippen LogP contribution in [-0.4, -0.2) is 25.2 Å². The number of thioether (sulfide) groups is 1. The molecule has 0 aromatic rings. The van der Waals surface area contributed by atoms with Gasteiger partial charge in [0.25, 0.3) is 0 Å². The number of hydrogen-bond donors (Lipinski definition) is 1. The van der Waals surface area contributed by atoms with E-state index in [0.717, 1.165) is 12.2 Å². The predicted octanol–water partition coefficient (Wildman–Crippen LogP) is 0.416. The summed E-state index contributed by atoms with van der Waals surface area (Å²) in [7, 11) is -3.30. The van der Waals surface area contributed by atoms with E-state index < -0.39 is 10.0 Å². The molecule has 0 spiro atoms. The smallest absolute Gasteiger partial charge is 0.213 e. The van der Waals surface area contributed by atoms with Crippen molar-refractivity contribution in [2.45, 2.75) is 18.6 Å². The van der Waals surface area contributed by atoms with Crippen LogP contribution < -0.4 is 5.14 Å². The minimum atomic E-state index is -3.30. The quantitative estimate of drug-likeness (QED) is 0.659. The van der Waals surface area contributed by atoms with E-state index in [1.807, 2.05) is 6.92 Å². The number of primary sulfonamides is 1. The fraction of sp³-hybridized carbons (Fsp3) is 1.00. The van der Waals surface area contributed by atoms with Gasteiger partial charge in [-0.25, -0.2) is 13.6 Å². The topological polar surface area (TPSA) is 60.2 Å². The molecule has 11 heavy (non-hydrogen) atoms. The molecule has 2 atom stereocenters. The van der Waals surface area contributed by atoms with E-state index >= 15 is 0 Å². The van der Waals surface area contributed by atoms with Crippen LogP contribution in [0.25, 0.3) is 0 Å². The lowest BCUT2D eigenvalue weighted by atomic mass is 10.1. The summed E-state index contributed by atoms with van der Waals surface area (Å²) in [5.41, 5.74) is 0. The summed E-state index contributed by atoms with van der Waals surface area (Å²) in [5, 5.41) is 4.74. The minimum absolute atomic E-state index is 0.228. The zero-order chi connectivity index (χ0) is 8.48. The van der Waals surface area contributed by atoms with E-state index in [0.29, 0.717) is 5.75 Å². The molecule has 0 radical (unpaired) electrons. The lowest BCUT2D eigenvalue weighted by molar-refractivity contribution is 0.508. The van der Waals surface area contributed by atoms with E-state index in [1.54, 1.807) is 11.8 Å². The van der Waals surface area contributed by atoms with Crippen molar-refractivity contribution in [3.8, 4) is 0 Å². The van der Waals surface area contributed by atoms with E-state index in [-0.39, 0.29) is 11.2 Å². The van der Waals surface area contributed by atoms with E-state index in [4.69, 9.17) is 5.14 Å². The Labute approximate surface area is 71.8 Å². The third-order valence-corrected chi connectivity index (χ3v) is 4.86. The molecule has 1 aliphatic heterocycles. The third kappa shape index (κ3) is 2.35. The van der Waals surface area contributed by atoms with Crippen LogP contribution in [0.1, 0.15) is 13.3 Å². The van der Waals surface area contributed by atoms with Crippen LogP contribution in [0.4, 0.5) is 0 Å². The predicted molar refractivity (Wildman–Crippen MR) is 48.0 cm³/mol. The largest absolute Gasteiger partial charge is 0.228 e. The highest BCUT2D eigenvalue weighted by molar-refractivity contribution is 8.00. The van der Waals surface area contributed by atoms with Crippen LogP contribution in [0.15, 0.2) is 0 Å². The number of hydrogen-bond acceptors (Lipinski definition) is 3. The summed E-state index contributed by atoms with van der Waals surface area (Å²) < 4.78 is 21.9. The highest BCUT2D eigenvalue weighted by Crippen LogP contribution is 2.26. The fourth-order valence-electron chi connectivity index (χ4n) is 1.24. The first kappa shape index (κ1) is 9.35. The fourth-order valence-corrected chi connectivity index (χ4v) is 4.33. The molecule has 0 bridgehead atoms. The zero-order valence-corrected chi connectivity index (χ0v) is 8.12. The SMILES string of the molecule is CC1CCSCC1S(N)(=O)=O. The molecule has 0 aromatic heterocycles. The highest BCUT2D eigenvalue weighted by Gasteiger charge is 2.30. The van der Waals surface area contributed by atoms with Gasteiger partial charge in [-0.05, 0) is 18.1 Å². The Morgan fingerprint density at radius 1 is 1.55 bits per heavy atom. The maximum absolute atomic E-state index is 11.0. The molecule has 1 rings (SSSR count). The molecule has 0 aliphatic carbocycles. The number of rotatable bonds is 1. The first-order valence-electron chi connectivity index (χ1n) is 3.61. The highest BCUT2D eigenvalue weighted by atomic mass is 32.2. The number of nitrogens with two attached hydrogens (primary N) is 1. The van der Waals surface area contributed by atoms with Gasteiger partial charge < -0.3 is 0 Å². The molecule has 66 valence electrons. The van der Waals surface area contributed by atoms with E-state index in [2.05, 4.69) is 0 Å². The Hall–Kier alpha value is 0.260. The Morgan fingerprint density at radius 3 is 2.55 bits per heavy atom.